The van der Waals surface area contributed by atoms with Crippen LogP contribution in [0.15, 0.2) is 48.6 Å². The maximum Gasteiger partial charge on any atom is 0.305 e. The lowest BCUT2D eigenvalue weighted by Crippen LogP contribution is -2.49. The highest BCUT2D eigenvalue weighted by Crippen LogP contribution is 2.47. The predicted molar refractivity (Wildman–Crippen MR) is 168 cm³/mol. The molecule has 0 radical (unpaired) electrons. The summed E-state index contributed by atoms with van der Waals surface area (Å²) in [6.07, 6.45) is 9.24. The number of nitrogens with one attached hydrogen (secondary N) is 1. The van der Waals surface area contributed by atoms with E-state index in [1.165, 1.54) is 11.1 Å². The van der Waals surface area contributed by atoms with E-state index in [1.807, 2.05) is 18.2 Å². The summed E-state index contributed by atoms with van der Waals surface area (Å²) >= 11 is 6.39. The van der Waals surface area contributed by atoms with Crippen LogP contribution in [0.1, 0.15) is 66.4 Å². The number of anilines is 1. The van der Waals surface area contributed by atoms with E-state index in [4.69, 9.17) is 21.1 Å². The third kappa shape index (κ3) is 6.62. The molecule has 4 atom stereocenters. The van der Waals surface area contributed by atoms with Gasteiger partial charge in [0.2, 0.25) is 10.0 Å². The normalized spacial score (nSPS) is 28.8. The molecule has 2 aliphatic heterocycles. The van der Waals surface area contributed by atoms with Crippen molar-refractivity contribution in [1.29, 1.82) is 0 Å². The number of carboxylic acid groups (broad SMARTS) is 1. The number of amides is 1. The van der Waals surface area contributed by atoms with Gasteiger partial charge in [0, 0.05) is 29.1 Å². The minimum atomic E-state index is -3.84. The number of ether oxygens (including phenoxy) is 2. The number of rotatable bonds is 4. The second-order valence-electron chi connectivity index (χ2n) is 12.6. The molecule has 2 N–H and O–H groups in total. The number of hydrogen-bond acceptors (Lipinski definition) is 7. The summed E-state index contributed by atoms with van der Waals surface area (Å²) in [5.41, 5.74) is 3.21. The van der Waals surface area contributed by atoms with Crippen LogP contribution in [0.4, 0.5) is 5.69 Å². The summed E-state index contributed by atoms with van der Waals surface area (Å²) in [4.78, 5) is 26.7. The third-order valence-electron chi connectivity index (χ3n) is 9.64. The Balaban J connectivity index is 1.38. The van der Waals surface area contributed by atoms with Crippen molar-refractivity contribution in [3.8, 4) is 5.75 Å². The Morgan fingerprint density at radius 2 is 2.05 bits per heavy atom. The number of carbonyl (C=O) groups excluding carboxylic acids is 1. The molecular formula is C33H39ClN2O7S. The topological polar surface area (TPSA) is 122 Å². The third-order valence-corrected chi connectivity index (χ3v) is 11.2. The maximum absolute atomic E-state index is 13.2. The lowest BCUT2D eigenvalue weighted by molar-refractivity contribution is -0.139. The molecular weight excluding hydrogens is 604 g/mol. The number of benzene rings is 2. The van der Waals surface area contributed by atoms with Crippen LogP contribution < -0.4 is 14.4 Å². The lowest BCUT2D eigenvalue weighted by atomic mass is 9.68. The monoisotopic (exact) mass is 642 g/mol. The zero-order valence-corrected chi connectivity index (χ0v) is 26.2. The summed E-state index contributed by atoms with van der Waals surface area (Å²) < 4.78 is 40.4. The second kappa shape index (κ2) is 12.7. The first-order chi connectivity index (χ1) is 21.1. The quantitative estimate of drug-likeness (QED) is 0.442. The van der Waals surface area contributed by atoms with Crippen LogP contribution >= 0.6 is 11.6 Å². The molecule has 1 amide bonds. The molecule has 2 bridgehead atoms. The molecule has 1 saturated carbocycles. The molecule has 9 nitrogen and oxygen atoms in total. The van der Waals surface area contributed by atoms with Crippen LogP contribution in [0.2, 0.25) is 5.02 Å². The van der Waals surface area contributed by atoms with Gasteiger partial charge >= 0.3 is 5.97 Å². The summed E-state index contributed by atoms with van der Waals surface area (Å²) in [5, 5.41) is 9.90. The van der Waals surface area contributed by atoms with Crippen LogP contribution in [0.5, 0.6) is 5.75 Å². The molecule has 236 valence electrons. The van der Waals surface area contributed by atoms with E-state index in [0.29, 0.717) is 43.3 Å². The van der Waals surface area contributed by atoms with Gasteiger partial charge in [0.05, 0.1) is 37.2 Å². The first-order valence-electron chi connectivity index (χ1n) is 15.5. The molecule has 6 rings (SSSR count). The van der Waals surface area contributed by atoms with E-state index in [1.54, 1.807) is 18.2 Å². The first-order valence-corrected chi connectivity index (χ1v) is 17.5. The number of aryl methyl sites for hydroxylation is 1. The van der Waals surface area contributed by atoms with Gasteiger partial charge in [-0.3, -0.25) is 9.59 Å². The molecule has 2 heterocycles. The highest BCUT2D eigenvalue weighted by atomic mass is 35.5. The molecule has 44 heavy (non-hydrogen) atoms. The van der Waals surface area contributed by atoms with Crippen molar-refractivity contribution in [2.24, 2.45) is 11.8 Å². The molecule has 4 aliphatic rings. The molecule has 0 saturated heterocycles. The van der Waals surface area contributed by atoms with Crippen LogP contribution in [-0.4, -0.2) is 63.6 Å². The Morgan fingerprint density at radius 1 is 1.18 bits per heavy atom. The van der Waals surface area contributed by atoms with E-state index in [2.05, 4.69) is 21.8 Å². The van der Waals surface area contributed by atoms with Gasteiger partial charge < -0.3 is 19.5 Å². The number of allylic oxidation sites excluding steroid dienone is 1. The lowest BCUT2D eigenvalue weighted by Gasteiger charge is -2.46. The van der Waals surface area contributed by atoms with E-state index in [9.17, 15) is 23.1 Å². The fourth-order valence-electron chi connectivity index (χ4n) is 7.27. The van der Waals surface area contributed by atoms with Crippen LogP contribution in [0, 0.1) is 11.8 Å². The zero-order chi connectivity index (χ0) is 30.9. The van der Waals surface area contributed by atoms with Gasteiger partial charge in [0.25, 0.3) is 5.91 Å². The molecule has 0 aromatic heterocycles. The Labute approximate surface area is 263 Å². The average Bonchev–Trinajstić information content (AvgIpc) is 3.11. The number of sulfonamides is 1. The molecule has 1 spiro atoms. The Hall–Kier alpha value is -3.08. The second-order valence-corrected chi connectivity index (χ2v) is 14.9. The van der Waals surface area contributed by atoms with Gasteiger partial charge in [-0.1, -0.05) is 29.8 Å². The van der Waals surface area contributed by atoms with Crippen molar-refractivity contribution in [3.05, 3.63) is 70.3 Å². The Kier molecular flexibility index (Phi) is 8.95. The zero-order valence-electron chi connectivity index (χ0n) is 24.7. The fraction of sp³-hybridized carbons (Fsp3) is 0.515. The maximum atomic E-state index is 13.2. The summed E-state index contributed by atoms with van der Waals surface area (Å²) in [6, 6.07) is 11.3. The van der Waals surface area contributed by atoms with Crippen molar-refractivity contribution in [2.75, 3.05) is 37.0 Å². The number of carbonyl (C=O) groups is 2. The van der Waals surface area contributed by atoms with Crippen LogP contribution in [0.3, 0.4) is 0 Å². The Bertz CT molecular complexity index is 1560. The van der Waals surface area contributed by atoms with Crippen LogP contribution in [0.25, 0.3) is 0 Å². The molecule has 2 aromatic rings. The van der Waals surface area contributed by atoms with Gasteiger partial charge in [-0.2, -0.15) is 0 Å². The van der Waals surface area contributed by atoms with Gasteiger partial charge in [0.1, 0.15) is 5.75 Å². The number of fused-ring (bicyclic) bond motifs is 4. The number of nitrogens with zero attached hydrogens (tertiary/aromatic N) is 1. The molecule has 1 fully saturated rings. The van der Waals surface area contributed by atoms with Crippen molar-refractivity contribution >= 4 is 39.2 Å². The standard InChI is InChI=1S/C33H39ClN2O7S/c34-25-9-11-27-22(17-25)5-4-14-33(27)20-36-19-24-7-10-26(24)29(42-15-13-31(37)38)6-2-1-3-16-44(40,41)35-32(39)23-8-12-30(43-21-33)28(36)18-23/h2,6,8-9,11-12,17-18,24,26,29H,1,3-5,7,10,13-16,19-21H2,(H,35,39)(H,37,38)/b6-2+/t24-,26+,29+,33-/m0/s1. The van der Waals surface area contributed by atoms with Crippen molar-refractivity contribution < 1.29 is 32.6 Å². The number of aliphatic carboxylic acids is 1. The van der Waals surface area contributed by atoms with E-state index >= 15 is 0 Å². The number of hydrogen-bond donors (Lipinski definition) is 2. The van der Waals surface area contributed by atoms with Crippen molar-refractivity contribution in [3.63, 3.8) is 0 Å². The Morgan fingerprint density at radius 3 is 2.84 bits per heavy atom. The number of carboxylic acids is 1. The molecule has 0 unspecified atom stereocenters. The SMILES string of the molecule is O=C(O)CCO[C@@H]1/C=C/CCCS(=O)(=O)NC(=O)c2ccc3c(c2)N(C[C@@H]2CC[C@H]21)C[C@@]1(CCCc2cc(Cl)ccc21)CO3. The van der Waals surface area contributed by atoms with E-state index in [0.717, 1.165) is 37.8 Å². The van der Waals surface area contributed by atoms with Crippen LogP contribution in [-0.2, 0) is 31.4 Å². The largest absolute Gasteiger partial charge is 0.490 e. The van der Waals surface area contributed by atoms with Crippen molar-refractivity contribution in [2.45, 2.75) is 62.9 Å². The predicted octanol–water partition coefficient (Wildman–Crippen LogP) is 5.11. The van der Waals surface area contributed by atoms with Gasteiger partial charge in [-0.15, -0.1) is 0 Å². The van der Waals surface area contributed by atoms with Gasteiger partial charge in [-0.05, 0) is 98.2 Å². The summed E-state index contributed by atoms with van der Waals surface area (Å²) in [5.74, 6) is -0.628. The average molecular weight is 643 g/mol. The minimum absolute atomic E-state index is 0.0781. The molecule has 2 aromatic carbocycles. The van der Waals surface area contributed by atoms with E-state index < -0.39 is 21.9 Å². The summed E-state index contributed by atoms with van der Waals surface area (Å²) in [6.45, 7) is 1.95. The highest BCUT2D eigenvalue weighted by Gasteiger charge is 2.44. The molecule has 2 aliphatic carbocycles. The van der Waals surface area contributed by atoms with Gasteiger partial charge in [-0.25, -0.2) is 13.1 Å². The van der Waals surface area contributed by atoms with Gasteiger partial charge in [0.15, 0.2) is 0 Å². The van der Waals surface area contributed by atoms with Crippen molar-refractivity contribution in [1.82, 2.24) is 4.72 Å². The molecule has 11 heteroatoms. The smallest absolute Gasteiger partial charge is 0.305 e. The first kappa shape index (κ1) is 30.9. The number of halogens is 1. The van der Waals surface area contributed by atoms with E-state index in [-0.39, 0.29) is 47.7 Å². The summed E-state index contributed by atoms with van der Waals surface area (Å²) in [7, 11) is -3.84. The minimum Gasteiger partial charge on any atom is -0.490 e. The highest BCUT2D eigenvalue weighted by molar-refractivity contribution is 7.90. The fourth-order valence-corrected chi connectivity index (χ4v) is 8.51.